The van der Waals surface area contributed by atoms with Crippen LogP contribution in [-0.2, 0) is 11.3 Å². The highest BCUT2D eigenvalue weighted by molar-refractivity contribution is 5.47. The quantitative estimate of drug-likeness (QED) is 0.863. The zero-order valence-corrected chi connectivity index (χ0v) is 12.6. The van der Waals surface area contributed by atoms with Crippen LogP contribution in [0.1, 0.15) is 38.7 Å². The van der Waals surface area contributed by atoms with Crippen LogP contribution in [0.2, 0.25) is 0 Å². The summed E-state index contributed by atoms with van der Waals surface area (Å²) in [7, 11) is 0. The number of anilines is 1. The van der Waals surface area contributed by atoms with Crippen molar-refractivity contribution in [2.24, 2.45) is 0 Å². The average molecular weight is 274 g/mol. The van der Waals surface area contributed by atoms with Gasteiger partial charge in [0.05, 0.1) is 12.2 Å². The van der Waals surface area contributed by atoms with Crippen LogP contribution in [0.25, 0.3) is 0 Å². The van der Waals surface area contributed by atoms with E-state index < -0.39 is 0 Å². The number of fused-ring (bicyclic) bond motifs is 2. The van der Waals surface area contributed by atoms with E-state index >= 15 is 0 Å². The lowest BCUT2D eigenvalue weighted by molar-refractivity contribution is 0.0973. The van der Waals surface area contributed by atoms with Crippen LogP contribution in [0.3, 0.4) is 0 Å². The molecule has 0 amide bonds. The highest BCUT2D eigenvalue weighted by atomic mass is 16.5. The first-order valence-corrected chi connectivity index (χ1v) is 8.03. The van der Waals surface area contributed by atoms with Gasteiger partial charge in [0, 0.05) is 31.4 Å². The summed E-state index contributed by atoms with van der Waals surface area (Å²) in [4.78, 5) is 2.38. The van der Waals surface area contributed by atoms with Crippen molar-refractivity contribution >= 4 is 5.69 Å². The Morgan fingerprint density at radius 3 is 2.45 bits per heavy atom. The van der Waals surface area contributed by atoms with E-state index in [1.165, 1.54) is 30.5 Å². The SMILES string of the molecule is CCN(CC)c1ccc(CNC2CC3CCC2O3)cc1. The number of ether oxygens (including phenoxy) is 1. The second kappa shape index (κ2) is 6.15. The molecule has 2 heterocycles. The largest absolute Gasteiger partial charge is 0.373 e. The topological polar surface area (TPSA) is 24.5 Å². The summed E-state index contributed by atoms with van der Waals surface area (Å²) >= 11 is 0. The second-order valence-corrected chi connectivity index (χ2v) is 5.94. The van der Waals surface area contributed by atoms with Gasteiger partial charge in [0.25, 0.3) is 0 Å². The van der Waals surface area contributed by atoms with E-state index in [0.717, 1.165) is 19.6 Å². The van der Waals surface area contributed by atoms with Gasteiger partial charge in [-0.2, -0.15) is 0 Å². The van der Waals surface area contributed by atoms with Crippen LogP contribution in [0.5, 0.6) is 0 Å². The van der Waals surface area contributed by atoms with Gasteiger partial charge in [-0.05, 0) is 50.8 Å². The number of nitrogens with one attached hydrogen (secondary N) is 1. The molecule has 1 aromatic rings. The van der Waals surface area contributed by atoms with Gasteiger partial charge in [0.1, 0.15) is 0 Å². The van der Waals surface area contributed by atoms with Crippen LogP contribution >= 0.6 is 0 Å². The summed E-state index contributed by atoms with van der Waals surface area (Å²) in [5.41, 5.74) is 2.69. The van der Waals surface area contributed by atoms with Crippen LogP contribution in [0, 0.1) is 0 Å². The highest BCUT2D eigenvalue weighted by Gasteiger charge is 2.40. The highest BCUT2D eigenvalue weighted by Crippen LogP contribution is 2.34. The van der Waals surface area contributed by atoms with Crippen LogP contribution in [0.15, 0.2) is 24.3 Å². The minimum atomic E-state index is 0.468. The molecule has 2 aliphatic heterocycles. The van der Waals surface area contributed by atoms with E-state index in [9.17, 15) is 0 Å². The summed E-state index contributed by atoms with van der Waals surface area (Å²) < 4.78 is 5.88. The van der Waals surface area contributed by atoms with Crippen LogP contribution < -0.4 is 10.2 Å². The molecule has 0 aromatic heterocycles. The standard InChI is InChI=1S/C17H26N2O/c1-3-19(4-2)14-7-5-13(6-8-14)12-18-16-11-15-9-10-17(16)20-15/h5-8,15-18H,3-4,9-12H2,1-2H3. The third-order valence-corrected chi connectivity index (χ3v) is 4.74. The van der Waals surface area contributed by atoms with Crippen molar-refractivity contribution in [3.05, 3.63) is 29.8 Å². The van der Waals surface area contributed by atoms with Gasteiger partial charge in [-0.25, -0.2) is 0 Å². The molecular weight excluding hydrogens is 248 g/mol. The first-order chi connectivity index (χ1) is 9.80. The zero-order chi connectivity index (χ0) is 13.9. The van der Waals surface area contributed by atoms with E-state index in [-0.39, 0.29) is 0 Å². The monoisotopic (exact) mass is 274 g/mol. The maximum Gasteiger partial charge on any atom is 0.0733 e. The summed E-state index contributed by atoms with van der Waals surface area (Å²) in [6.45, 7) is 7.49. The van der Waals surface area contributed by atoms with Gasteiger partial charge in [-0.1, -0.05) is 12.1 Å². The molecule has 1 N–H and O–H groups in total. The van der Waals surface area contributed by atoms with E-state index in [2.05, 4.69) is 48.3 Å². The fraction of sp³-hybridized carbons (Fsp3) is 0.647. The molecule has 0 saturated carbocycles. The molecule has 3 atom stereocenters. The van der Waals surface area contributed by atoms with E-state index in [0.29, 0.717) is 18.2 Å². The van der Waals surface area contributed by atoms with E-state index in [1.54, 1.807) is 0 Å². The Balaban J connectivity index is 1.53. The molecule has 3 nitrogen and oxygen atoms in total. The number of hydrogen-bond acceptors (Lipinski definition) is 3. The van der Waals surface area contributed by atoms with Gasteiger partial charge in [0.15, 0.2) is 0 Å². The first-order valence-electron chi connectivity index (χ1n) is 8.03. The Morgan fingerprint density at radius 1 is 1.15 bits per heavy atom. The van der Waals surface area contributed by atoms with Crippen molar-refractivity contribution in [3.8, 4) is 0 Å². The summed E-state index contributed by atoms with van der Waals surface area (Å²) in [5, 5.41) is 3.67. The predicted octanol–water partition coefficient (Wildman–Crippen LogP) is 2.94. The van der Waals surface area contributed by atoms with E-state index in [4.69, 9.17) is 4.74 Å². The van der Waals surface area contributed by atoms with Gasteiger partial charge in [-0.15, -0.1) is 0 Å². The normalized spacial score (nSPS) is 28.0. The lowest BCUT2D eigenvalue weighted by atomic mass is 9.95. The fourth-order valence-corrected chi connectivity index (χ4v) is 3.51. The molecule has 0 radical (unpaired) electrons. The Labute approximate surface area is 122 Å². The van der Waals surface area contributed by atoms with Gasteiger partial charge in [0.2, 0.25) is 0 Å². The molecule has 2 bridgehead atoms. The van der Waals surface area contributed by atoms with E-state index in [1.807, 2.05) is 0 Å². The van der Waals surface area contributed by atoms with Crippen LogP contribution in [-0.4, -0.2) is 31.3 Å². The van der Waals surface area contributed by atoms with Crippen molar-refractivity contribution in [3.63, 3.8) is 0 Å². The van der Waals surface area contributed by atoms with Crippen molar-refractivity contribution in [2.75, 3.05) is 18.0 Å². The molecule has 2 aliphatic rings. The maximum absolute atomic E-state index is 5.88. The molecule has 3 rings (SSSR count). The lowest BCUT2D eigenvalue weighted by Crippen LogP contribution is -2.36. The van der Waals surface area contributed by atoms with Gasteiger partial charge in [-0.3, -0.25) is 0 Å². The van der Waals surface area contributed by atoms with Gasteiger partial charge < -0.3 is 15.0 Å². The number of hydrogen-bond donors (Lipinski definition) is 1. The molecule has 3 heteroatoms. The molecule has 110 valence electrons. The molecule has 0 spiro atoms. The number of rotatable bonds is 6. The minimum absolute atomic E-state index is 0.468. The lowest BCUT2D eigenvalue weighted by Gasteiger charge is -2.22. The van der Waals surface area contributed by atoms with Crippen molar-refractivity contribution < 1.29 is 4.74 Å². The average Bonchev–Trinajstić information content (AvgIpc) is 3.10. The van der Waals surface area contributed by atoms with Crippen molar-refractivity contribution in [1.29, 1.82) is 0 Å². The predicted molar refractivity (Wildman–Crippen MR) is 83.1 cm³/mol. The van der Waals surface area contributed by atoms with Crippen molar-refractivity contribution in [1.82, 2.24) is 5.32 Å². The Bertz CT molecular complexity index is 427. The molecule has 1 aromatic carbocycles. The third-order valence-electron chi connectivity index (χ3n) is 4.74. The smallest absolute Gasteiger partial charge is 0.0733 e. The minimum Gasteiger partial charge on any atom is -0.373 e. The Kier molecular flexibility index (Phi) is 4.27. The van der Waals surface area contributed by atoms with Crippen molar-refractivity contribution in [2.45, 2.75) is 57.9 Å². The molecular formula is C17H26N2O. The molecule has 20 heavy (non-hydrogen) atoms. The molecule has 0 aliphatic carbocycles. The second-order valence-electron chi connectivity index (χ2n) is 5.94. The Morgan fingerprint density at radius 2 is 1.90 bits per heavy atom. The first kappa shape index (κ1) is 13.9. The summed E-state index contributed by atoms with van der Waals surface area (Å²) in [6, 6.07) is 9.53. The molecule has 2 saturated heterocycles. The summed E-state index contributed by atoms with van der Waals surface area (Å²) in [5.74, 6) is 0. The number of benzene rings is 1. The summed E-state index contributed by atoms with van der Waals surface area (Å²) in [6.07, 6.45) is 4.70. The maximum atomic E-state index is 5.88. The Hall–Kier alpha value is -1.06. The number of nitrogens with zero attached hydrogens (tertiary/aromatic N) is 1. The zero-order valence-electron chi connectivity index (χ0n) is 12.6. The van der Waals surface area contributed by atoms with Crippen LogP contribution in [0.4, 0.5) is 5.69 Å². The molecule has 3 unspecified atom stereocenters. The third kappa shape index (κ3) is 2.84. The van der Waals surface area contributed by atoms with Gasteiger partial charge >= 0.3 is 0 Å². The molecule has 2 fully saturated rings. The fourth-order valence-electron chi connectivity index (χ4n) is 3.51.